The Bertz CT molecular complexity index is 884. The maximum Gasteiger partial charge on any atom is 0.274 e. The van der Waals surface area contributed by atoms with Crippen LogP contribution >= 0.6 is 0 Å². The fourth-order valence-electron chi connectivity index (χ4n) is 2.68. The molecule has 0 saturated heterocycles. The molecule has 0 aliphatic rings. The lowest BCUT2D eigenvalue weighted by atomic mass is 10.1. The zero-order chi connectivity index (χ0) is 20.7. The molecule has 0 aliphatic carbocycles. The number of nitrogens with zero attached hydrogens (tertiary/aromatic N) is 2. The van der Waals surface area contributed by atoms with E-state index in [9.17, 15) is 19.7 Å². The smallest absolute Gasteiger partial charge is 0.274 e. The number of hydrogen-bond donors (Lipinski definition) is 2. The Kier molecular flexibility index (Phi) is 7.05. The lowest BCUT2D eigenvalue weighted by Crippen LogP contribution is -2.33. The quantitative estimate of drug-likeness (QED) is 0.502. The third-order valence-corrected chi connectivity index (χ3v) is 4.16. The monoisotopic (exact) mass is 386 g/mol. The maximum atomic E-state index is 12.4. The highest BCUT2D eigenvalue weighted by molar-refractivity contribution is 5.94. The first kappa shape index (κ1) is 20.8. The molecule has 28 heavy (non-hydrogen) atoms. The third-order valence-electron chi connectivity index (χ3n) is 4.16. The Morgan fingerprint density at radius 2 is 1.96 bits per heavy atom. The van der Waals surface area contributed by atoms with Gasteiger partial charge < -0.3 is 15.8 Å². The van der Waals surface area contributed by atoms with E-state index in [1.165, 1.54) is 19.2 Å². The molecule has 0 radical (unpaired) electrons. The van der Waals surface area contributed by atoms with Crippen molar-refractivity contribution >= 4 is 23.2 Å². The number of rotatable bonds is 9. The highest BCUT2D eigenvalue weighted by Crippen LogP contribution is 2.24. The van der Waals surface area contributed by atoms with Gasteiger partial charge in [0.25, 0.3) is 5.69 Å². The van der Waals surface area contributed by atoms with E-state index in [1.807, 2.05) is 6.92 Å². The van der Waals surface area contributed by atoms with Crippen molar-refractivity contribution in [2.75, 3.05) is 25.5 Å². The minimum absolute atomic E-state index is 0.0310. The van der Waals surface area contributed by atoms with Crippen LogP contribution in [0.1, 0.15) is 22.8 Å². The van der Waals surface area contributed by atoms with Gasteiger partial charge in [-0.2, -0.15) is 0 Å². The van der Waals surface area contributed by atoms with Gasteiger partial charge >= 0.3 is 0 Å². The van der Waals surface area contributed by atoms with Crippen LogP contribution in [0, 0.1) is 10.1 Å². The molecule has 0 unspecified atom stereocenters. The molecular formula is C19H22N4O5. The van der Waals surface area contributed by atoms with Crippen molar-refractivity contribution in [1.82, 2.24) is 4.90 Å². The lowest BCUT2D eigenvalue weighted by molar-refractivity contribution is -0.385. The molecule has 148 valence electrons. The SMILES string of the molecule is CCN(CC(=O)Nc1ccccc1OC)Cc1ccc(C(N)=O)cc1[N+](=O)[O-]. The van der Waals surface area contributed by atoms with E-state index in [-0.39, 0.29) is 30.2 Å². The number of nitrogens with two attached hydrogens (primary N) is 1. The first-order valence-electron chi connectivity index (χ1n) is 8.58. The van der Waals surface area contributed by atoms with Gasteiger partial charge in [-0.25, -0.2) is 0 Å². The maximum absolute atomic E-state index is 12.4. The Morgan fingerprint density at radius 1 is 1.25 bits per heavy atom. The summed E-state index contributed by atoms with van der Waals surface area (Å²) in [5, 5.41) is 14.1. The predicted octanol–water partition coefficient (Wildman–Crippen LogP) is 2.16. The number of hydrogen-bond acceptors (Lipinski definition) is 6. The second-order valence-corrected chi connectivity index (χ2v) is 6.02. The number of ether oxygens (including phenoxy) is 1. The molecule has 0 aromatic heterocycles. The summed E-state index contributed by atoms with van der Waals surface area (Å²) in [6.45, 7) is 2.54. The van der Waals surface area contributed by atoms with Crippen molar-refractivity contribution in [3.8, 4) is 5.75 Å². The number of nitro groups is 1. The van der Waals surface area contributed by atoms with Crippen molar-refractivity contribution in [3.05, 3.63) is 63.7 Å². The number of carbonyl (C=O) groups excluding carboxylic acids is 2. The van der Waals surface area contributed by atoms with Crippen LogP contribution < -0.4 is 15.8 Å². The molecular weight excluding hydrogens is 364 g/mol. The van der Waals surface area contributed by atoms with E-state index < -0.39 is 10.8 Å². The summed E-state index contributed by atoms with van der Waals surface area (Å²) in [4.78, 5) is 36.2. The van der Waals surface area contributed by atoms with Crippen LogP contribution in [0.2, 0.25) is 0 Å². The highest BCUT2D eigenvalue weighted by atomic mass is 16.6. The summed E-state index contributed by atoms with van der Waals surface area (Å²) in [6.07, 6.45) is 0. The molecule has 0 aliphatic heterocycles. The normalized spacial score (nSPS) is 10.5. The summed E-state index contributed by atoms with van der Waals surface area (Å²) in [5.41, 5.74) is 5.98. The number of nitro benzene ring substituents is 1. The second kappa shape index (κ2) is 9.47. The van der Waals surface area contributed by atoms with Crippen molar-refractivity contribution in [2.24, 2.45) is 5.73 Å². The fourth-order valence-corrected chi connectivity index (χ4v) is 2.68. The molecule has 0 spiro atoms. The van der Waals surface area contributed by atoms with Gasteiger partial charge in [0.2, 0.25) is 11.8 Å². The van der Waals surface area contributed by atoms with E-state index >= 15 is 0 Å². The van der Waals surface area contributed by atoms with E-state index in [0.717, 1.165) is 6.07 Å². The van der Waals surface area contributed by atoms with Crippen molar-refractivity contribution in [1.29, 1.82) is 0 Å². The van der Waals surface area contributed by atoms with E-state index in [2.05, 4.69) is 5.32 Å². The van der Waals surface area contributed by atoms with Crippen molar-refractivity contribution < 1.29 is 19.2 Å². The minimum Gasteiger partial charge on any atom is -0.495 e. The van der Waals surface area contributed by atoms with Crippen LogP contribution in [0.4, 0.5) is 11.4 Å². The Morgan fingerprint density at radius 3 is 2.57 bits per heavy atom. The first-order valence-corrected chi connectivity index (χ1v) is 8.58. The number of likely N-dealkylation sites (N-methyl/N-ethyl adjacent to an activating group) is 1. The molecule has 9 heteroatoms. The second-order valence-electron chi connectivity index (χ2n) is 6.02. The summed E-state index contributed by atoms with van der Waals surface area (Å²) >= 11 is 0. The average molecular weight is 386 g/mol. The molecule has 2 aromatic carbocycles. The Hall–Kier alpha value is -3.46. The molecule has 0 saturated carbocycles. The number of anilines is 1. The van der Waals surface area contributed by atoms with Gasteiger partial charge in [-0.05, 0) is 24.7 Å². The van der Waals surface area contributed by atoms with E-state index in [0.29, 0.717) is 23.5 Å². The topological polar surface area (TPSA) is 128 Å². The van der Waals surface area contributed by atoms with E-state index in [1.54, 1.807) is 29.2 Å². The summed E-state index contributed by atoms with van der Waals surface area (Å²) in [6, 6.07) is 11.1. The summed E-state index contributed by atoms with van der Waals surface area (Å²) in [7, 11) is 1.51. The lowest BCUT2D eigenvalue weighted by Gasteiger charge is -2.20. The van der Waals surface area contributed by atoms with Gasteiger partial charge in [0, 0.05) is 23.7 Å². The number of benzene rings is 2. The van der Waals surface area contributed by atoms with Crippen LogP contribution in [0.15, 0.2) is 42.5 Å². The predicted molar refractivity (Wildman–Crippen MR) is 104 cm³/mol. The third kappa shape index (κ3) is 5.27. The zero-order valence-electron chi connectivity index (χ0n) is 15.7. The average Bonchev–Trinajstić information content (AvgIpc) is 2.67. The molecule has 0 atom stereocenters. The number of primary amides is 1. The molecule has 2 amide bonds. The van der Waals surface area contributed by atoms with Crippen molar-refractivity contribution in [2.45, 2.75) is 13.5 Å². The Labute approximate surface area is 162 Å². The number of methoxy groups -OCH3 is 1. The zero-order valence-corrected chi connectivity index (χ0v) is 15.7. The van der Waals surface area contributed by atoms with Gasteiger partial charge in [0.05, 0.1) is 24.3 Å². The standard InChI is InChI=1S/C19H22N4O5/c1-3-22(12-18(24)21-15-6-4-5-7-17(15)28-2)11-14-9-8-13(19(20)25)10-16(14)23(26)27/h4-10H,3,11-12H2,1-2H3,(H2,20,25)(H,21,24). The fraction of sp³-hybridized carbons (Fsp3) is 0.263. The van der Waals surface area contributed by atoms with E-state index in [4.69, 9.17) is 10.5 Å². The number of amides is 2. The molecule has 0 bridgehead atoms. The van der Waals surface area contributed by atoms with Gasteiger partial charge in [0.15, 0.2) is 0 Å². The number of carbonyl (C=O) groups is 2. The van der Waals surface area contributed by atoms with Gasteiger partial charge in [-0.15, -0.1) is 0 Å². The number of para-hydroxylation sites is 2. The molecule has 0 heterocycles. The van der Waals surface area contributed by atoms with Gasteiger partial charge in [0.1, 0.15) is 5.75 Å². The van der Waals surface area contributed by atoms with Crippen LogP contribution in [0.3, 0.4) is 0 Å². The van der Waals surface area contributed by atoms with Crippen LogP contribution in [-0.2, 0) is 11.3 Å². The first-order chi connectivity index (χ1) is 13.3. The summed E-state index contributed by atoms with van der Waals surface area (Å²) < 4.78 is 5.20. The van der Waals surface area contributed by atoms with Crippen molar-refractivity contribution in [3.63, 3.8) is 0 Å². The van der Waals surface area contributed by atoms with Gasteiger partial charge in [-0.3, -0.25) is 24.6 Å². The van der Waals surface area contributed by atoms with Crippen LogP contribution in [-0.4, -0.2) is 41.8 Å². The Balaban J connectivity index is 2.13. The molecule has 9 nitrogen and oxygen atoms in total. The molecule has 2 aromatic rings. The highest BCUT2D eigenvalue weighted by Gasteiger charge is 2.20. The van der Waals surface area contributed by atoms with Gasteiger partial charge in [-0.1, -0.05) is 25.1 Å². The largest absolute Gasteiger partial charge is 0.495 e. The van der Waals surface area contributed by atoms with Crippen LogP contribution in [0.25, 0.3) is 0 Å². The minimum atomic E-state index is -0.738. The number of nitrogens with one attached hydrogen (secondary N) is 1. The van der Waals surface area contributed by atoms with Crippen LogP contribution in [0.5, 0.6) is 5.75 Å². The summed E-state index contributed by atoms with van der Waals surface area (Å²) in [5.74, 6) is -0.475. The molecule has 0 fully saturated rings. The molecule has 3 N–H and O–H groups in total. The molecule has 2 rings (SSSR count).